The van der Waals surface area contributed by atoms with Gasteiger partial charge in [-0.25, -0.2) is 0 Å². The van der Waals surface area contributed by atoms with Gasteiger partial charge in [0.1, 0.15) is 5.75 Å². The van der Waals surface area contributed by atoms with E-state index in [1.54, 1.807) is 0 Å². The number of aromatic hydroxyl groups is 1. The first-order valence-corrected chi connectivity index (χ1v) is 6.18. The van der Waals surface area contributed by atoms with Gasteiger partial charge in [0.05, 0.1) is 0 Å². The lowest BCUT2D eigenvalue weighted by Gasteiger charge is -2.26. The SMILES string of the molecule is Cc1cc(Cl)c(C2CCCNC2)c(C)c1O. The van der Waals surface area contributed by atoms with E-state index in [0.29, 0.717) is 11.7 Å². The largest absolute Gasteiger partial charge is 0.507 e. The zero-order valence-corrected chi connectivity index (χ0v) is 10.6. The van der Waals surface area contributed by atoms with E-state index in [1.807, 2.05) is 19.9 Å². The molecule has 0 bridgehead atoms. The summed E-state index contributed by atoms with van der Waals surface area (Å²) in [5, 5.41) is 14.1. The van der Waals surface area contributed by atoms with Crippen LogP contribution in [-0.4, -0.2) is 18.2 Å². The maximum Gasteiger partial charge on any atom is 0.121 e. The highest BCUT2D eigenvalue weighted by Gasteiger charge is 2.22. The molecule has 88 valence electrons. The molecule has 1 heterocycles. The Labute approximate surface area is 102 Å². The molecule has 2 rings (SSSR count). The molecule has 1 aromatic rings. The number of piperidine rings is 1. The zero-order valence-electron chi connectivity index (χ0n) is 9.81. The molecule has 0 aromatic heterocycles. The fourth-order valence-electron chi connectivity index (χ4n) is 2.54. The monoisotopic (exact) mass is 239 g/mol. The molecule has 0 radical (unpaired) electrons. The van der Waals surface area contributed by atoms with Crippen LogP contribution in [0.3, 0.4) is 0 Å². The lowest BCUT2D eigenvalue weighted by atomic mass is 9.87. The van der Waals surface area contributed by atoms with Crippen LogP contribution in [0.25, 0.3) is 0 Å². The minimum Gasteiger partial charge on any atom is -0.507 e. The minimum atomic E-state index is 0.393. The van der Waals surface area contributed by atoms with Crippen molar-refractivity contribution in [1.82, 2.24) is 5.32 Å². The summed E-state index contributed by atoms with van der Waals surface area (Å²) in [6, 6.07) is 1.87. The Kier molecular flexibility index (Phi) is 3.41. The number of aryl methyl sites for hydroxylation is 1. The Bertz CT molecular complexity index is 397. The number of hydrogen-bond donors (Lipinski definition) is 2. The molecule has 16 heavy (non-hydrogen) atoms. The number of rotatable bonds is 1. The third-order valence-corrected chi connectivity index (χ3v) is 3.75. The second-order valence-electron chi connectivity index (χ2n) is 4.61. The Morgan fingerprint density at radius 2 is 2.19 bits per heavy atom. The first-order valence-electron chi connectivity index (χ1n) is 5.80. The summed E-state index contributed by atoms with van der Waals surface area (Å²) in [6.45, 7) is 5.89. The number of phenols is 1. The predicted octanol–water partition coefficient (Wildman–Crippen LogP) is 3.13. The molecule has 1 saturated heterocycles. The summed E-state index contributed by atoms with van der Waals surface area (Å²) >= 11 is 6.30. The summed E-state index contributed by atoms with van der Waals surface area (Å²) in [4.78, 5) is 0. The van der Waals surface area contributed by atoms with Gasteiger partial charge in [0.15, 0.2) is 0 Å². The Hall–Kier alpha value is -0.730. The van der Waals surface area contributed by atoms with Crippen LogP contribution >= 0.6 is 11.6 Å². The molecule has 2 N–H and O–H groups in total. The van der Waals surface area contributed by atoms with Crippen molar-refractivity contribution in [3.05, 3.63) is 27.8 Å². The number of halogens is 1. The number of hydrogen-bond acceptors (Lipinski definition) is 2. The molecule has 3 heteroatoms. The topological polar surface area (TPSA) is 32.3 Å². The first-order chi connectivity index (χ1) is 7.61. The van der Waals surface area contributed by atoms with E-state index in [9.17, 15) is 5.11 Å². The van der Waals surface area contributed by atoms with Gasteiger partial charge in [-0.05, 0) is 61.9 Å². The van der Waals surface area contributed by atoms with E-state index in [1.165, 1.54) is 6.42 Å². The van der Waals surface area contributed by atoms with Gasteiger partial charge in [-0.2, -0.15) is 0 Å². The van der Waals surface area contributed by atoms with Gasteiger partial charge in [0, 0.05) is 11.6 Å². The normalized spacial score (nSPS) is 21.1. The van der Waals surface area contributed by atoms with Gasteiger partial charge >= 0.3 is 0 Å². The Morgan fingerprint density at radius 1 is 1.44 bits per heavy atom. The Balaban J connectivity index is 2.42. The summed E-state index contributed by atoms with van der Waals surface area (Å²) in [6.07, 6.45) is 2.32. The fourth-order valence-corrected chi connectivity index (χ4v) is 3.00. The molecule has 1 aliphatic rings. The lowest BCUT2D eigenvalue weighted by Crippen LogP contribution is -2.29. The van der Waals surface area contributed by atoms with Crippen molar-refractivity contribution in [2.75, 3.05) is 13.1 Å². The molecule has 0 amide bonds. The average Bonchev–Trinajstić information content (AvgIpc) is 2.28. The van der Waals surface area contributed by atoms with Crippen LogP contribution in [0, 0.1) is 13.8 Å². The van der Waals surface area contributed by atoms with Crippen molar-refractivity contribution in [3.8, 4) is 5.75 Å². The third-order valence-electron chi connectivity index (χ3n) is 3.44. The minimum absolute atomic E-state index is 0.393. The van der Waals surface area contributed by atoms with E-state index >= 15 is 0 Å². The highest BCUT2D eigenvalue weighted by atomic mass is 35.5. The smallest absolute Gasteiger partial charge is 0.121 e. The highest BCUT2D eigenvalue weighted by molar-refractivity contribution is 6.31. The quantitative estimate of drug-likeness (QED) is 0.789. The van der Waals surface area contributed by atoms with E-state index in [-0.39, 0.29) is 0 Å². The number of phenolic OH excluding ortho intramolecular Hbond substituents is 1. The van der Waals surface area contributed by atoms with E-state index < -0.39 is 0 Å². The molecule has 1 fully saturated rings. The molecule has 1 unspecified atom stereocenters. The summed E-state index contributed by atoms with van der Waals surface area (Å²) in [5.41, 5.74) is 2.92. The van der Waals surface area contributed by atoms with E-state index in [4.69, 9.17) is 11.6 Å². The summed E-state index contributed by atoms with van der Waals surface area (Å²) in [5.74, 6) is 0.831. The molecular formula is C13H18ClNO. The average molecular weight is 240 g/mol. The van der Waals surface area contributed by atoms with Crippen LogP contribution in [0.1, 0.15) is 35.4 Å². The van der Waals surface area contributed by atoms with Crippen LogP contribution in [0.15, 0.2) is 6.07 Å². The van der Waals surface area contributed by atoms with Gasteiger partial charge in [0.2, 0.25) is 0 Å². The highest BCUT2D eigenvalue weighted by Crippen LogP contribution is 2.37. The second kappa shape index (κ2) is 4.64. The van der Waals surface area contributed by atoms with Crippen molar-refractivity contribution in [2.24, 2.45) is 0 Å². The second-order valence-corrected chi connectivity index (χ2v) is 5.01. The maximum absolute atomic E-state index is 9.96. The van der Waals surface area contributed by atoms with Gasteiger partial charge < -0.3 is 10.4 Å². The van der Waals surface area contributed by atoms with E-state index in [0.717, 1.165) is 41.2 Å². The summed E-state index contributed by atoms with van der Waals surface area (Å²) < 4.78 is 0. The summed E-state index contributed by atoms with van der Waals surface area (Å²) in [7, 11) is 0. The third kappa shape index (κ3) is 2.04. The van der Waals surface area contributed by atoms with Crippen LogP contribution in [0.2, 0.25) is 5.02 Å². The molecule has 0 saturated carbocycles. The van der Waals surface area contributed by atoms with Gasteiger partial charge in [-0.1, -0.05) is 11.6 Å². The standard InChI is InChI=1S/C13H18ClNO/c1-8-6-11(14)12(9(2)13(8)16)10-4-3-5-15-7-10/h6,10,15-16H,3-5,7H2,1-2H3. The molecule has 2 nitrogen and oxygen atoms in total. The van der Waals surface area contributed by atoms with Crippen LogP contribution in [-0.2, 0) is 0 Å². The first kappa shape index (κ1) is 11.7. The van der Waals surface area contributed by atoms with Crippen molar-refractivity contribution >= 4 is 11.6 Å². The van der Waals surface area contributed by atoms with Crippen LogP contribution in [0.5, 0.6) is 5.75 Å². The zero-order chi connectivity index (χ0) is 11.7. The van der Waals surface area contributed by atoms with Crippen molar-refractivity contribution in [2.45, 2.75) is 32.6 Å². The molecule has 0 aliphatic carbocycles. The van der Waals surface area contributed by atoms with Gasteiger partial charge in [0.25, 0.3) is 0 Å². The van der Waals surface area contributed by atoms with Crippen molar-refractivity contribution < 1.29 is 5.11 Å². The molecule has 0 spiro atoms. The predicted molar refractivity (Wildman–Crippen MR) is 67.4 cm³/mol. The van der Waals surface area contributed by atoms with Crippen molar-refractivity contribution in [1.29, 1.82) is 0 Å². The lowest BCUT2D eigenvalue weighted by molar-refractivity contribution is 0.447. The van der Waals surface area contributed by atoms with Crippen LogP contribution in [0.4, 0.5) is 0 Å². The number of benzene rings is 1. The Morgan fingerprint density at radius 3 is 2.81 bits per heavy atom. The molecule has 1 aliphatic heterocycles. The van der Waals surface area contributed by atoms with E-state index in [2.05, 4.69) is 5.32 Å². The molecular weight excluding hydrogens is 222 g/mol. The van der Waals surface area contributed by atoms with Crippen molar-refractivity contribution in [3.63, 3.8) is 0 Å². The number of nitrogens with one attached hydrogen (secondary N) is 1. The molecule has 1 atom stereocenters. The van der Waals surface area contributed by atoms with Gasteiger partial charge in [-0.15, -0.1) is 0 Å². The van der Waals surface area contributed by atoms with Gasteiger partial charge in [-0.3, -0.25) is 0 Å². The fraction of sp³-hybridized carbons (Fsp3) is 0.538. The van der Waals surface area contributed by atoms with Crippen LogP contribution < -0.4 is 5.32 Å². The maximum atomic E-state index is 9.96. The molecule has 1 aromatic carbocycles.